The van der Waals surface area contributed by atoms with Crippen LogP contribution in [0.5, 0.6) is 5.75 Å². The standard InChI is InChI=1S/C21H22ClNO5/c1-4-10-23-18(16-9-6-12(3)28-16)17(20(25)21(23)26)19(24)14-11-13(27-5-2)7-8-15(14)22/h6-9,11,18,24H,4-5,10H2,1-3H3/b19-17+. The molecule has 0 spiro atoms. The van der Waals surface area contributed by atoms with E-state index < -0.39 is 17.7 Å². The van der Waals surface area contributed by atoms with Crippen LogP contribution in [-0.2, 0) is 9.59 Å². The Hall–Kier alpha value is -2.73. The number of carbonyl (C=O) groups is 2. The van der Waals surface area contributed by atoms with Gasteiger partial charge < -0.3 is 19.2 Å². The number of nitrogens with zero attached hydrogens (tertiary/aromatic N) is 1. The van der Waals surface area contributed by atoms with Crippen LogP contribution >= 0.6 is 11.6 Å². The van der Waals surface area contributed by atoms with Gasteiger partial charge in [0, 0.05) is 12.1 Å². The first-order valence-corrected chi connectivity index (χ1v) is 9.54. The highest BCUT2D eigenvalue weighted by atomic mass is 35.5. The number of carbonyl (C=O) groups excluding carboxylic acids is 2. The van der Waals surface area contributed by atoms with Gasteiger partial charge in [-0.05, 0) is 50.6 Å². The van der Waals surface area contributed by atoms with Crippen molar-refractivity contribution < 1.29 is 23.8 Å². The number of rotatable bonds is 6. The predicted molar refractivity (Wildman–Crippen MR) is 105 cm³/mol. The van der Waals surface area contributed by atoms with Crippen LogP contribution in [0.15, 0.2) is 40.3 Å². The third kappa shape index (κ3) is 3.52. The van der Waals surface area contributed by atoms with E-state index in [0.717, 1.165) is 0 Å². The Morgan fingerprint density at radius 3 is 2.61 bits per heavy atom. The first-order chi connectivity index (χ1) is 13.4. The van der Waals surface area contributed by atoms with Crippen molar-refractivity contribution in [1.29, 1.82) is 0 Å². The van der Waals surface area contributed by atoms with Crippen molar-refractivity contribution in [3.8, 4) is 5.75 Å². The molecule has 3 rings (SSSR count). The third-order valence-corrected chi connectivity index (χ3v) is 4.87. The van der Waals surface area contributed by atoms with Gasteiger partial charge in [0.1, 0.15) is 29.1 Å². The molecular formula is C21H22ClNO5. The third-order valence-electron chi connectivity index (χ3n) is 4.54. The van der Waals surface area contributed by atoms with Crippen LogP contribution in [0.3, 0.4) is 0 Å². The summed E-state index contributed by atoms with van der Waals surface area (Å²) in [5, 5.41) is 11.3. The highest BCUT2D eigenvalue weighted by Crippen LogP contribution is 2.41. The lowest BCUT2D eigenvalue weighted by Gasteiger charge is -2.22. The average molecular weight is 404 g/mol. The Balaban J connectivity index is 2.19. The van der Waals surface area contributed by atoms with Gasteiger partial charge in [-0.15, -0.1) is 0 Å². The van der Waals surface area contributed by atoms with E-state index in [4.69, 9.17) is 20.8 Å². The van der Waals surface area contributed by atoms with E-state index >= 15 is 0 Å². The second-order valence-corrected chi connectivity index (χ2v) is 6.92. The molecule has 1 unspecified atom stereocenters. The molecule has 1 amide bonds. The largest absolute Gasteiger partial charge is 0.507 e. The quantitative estimate of drug-likeness (QED) is 0.437. The molecule has 148 valence electrons. The summed E-state index contributed by atoms with van der Waals surface area (Å²) in [5.41, 5.74) is 0.193. The molecule has 1 aliphatic heterocycles. The zero-order valence-electron chi connectivity index (χ0n) is 16.0. The molecule has 0 bridgehead atoms. The zero-order valence-corrected chi connectivity index (χ0v) is 16.7. The van der Waals surface area contributed by atoms with Crippen molar-refractivity contribution in [1.82, 2.24) is 4.90 Å². The molecule has 1 aliphatic rings. The lowest BCUT2D eigenvalue weighted by atomic mass is 9.99. The maximum atomic E-state index is 12.8. The second kappa shape index (κ2) is 8.10. The number of hydrogen-bond acceptors (Lipinski definition) is 5. The van der Waals surface area contributed by atoms with Gasteiger partial charge in [0.05, 0.1) is 17.2 Å². The fraction of sp³-hybridized carbons (Fsp3) is 0.333. The molecule has 0 saturated carbocycles. The SMILES string of the molecule is CCCN1C(=O)C(=O)/C(=C(/O)c2cc(OCC)ccc2Cl)C1c1ccc(C)o1. The first-order valence-electron chi connectivity index (χ1n) is 9.16. The normalized spacial score (nSPS) is 18.7. The van der Waals surface area contributed by atoms with Crippen LogP contribution < -0.4 is 4.74 Å². The highest BCUT2D eigenvalue weighted by molar-refractivity contribution is 6.46. The van der Waals surface area contributed by atoms with Crippen LogP contribution in [0, 0.1) is 6.92 Å². The van der Waals surface area contributed by atoms with Crippen LogP contribution in [0.1, 0.15) is 43.4 Å². The Kier molecular flexibility index (Phi) is 5.79. The topological polar surface area (TPSA) is 80.0 Å². The van der Waals surface area contributed by atoms with E-state index in [1.165, 1.54) is 4.90 Å². The molecule has 0 radical (unpaired) electrons. The van der Waals surface area contributed by atoms with Gasteiger partial charge in [0.15, 0.2) is 0 Å². The highest BCUT2D eigenvalue weighted by Gasteiger charge is 2.47. The number of likely N-dealkylation sites (tertiary alicyclic amines) is 1. The summed E-state index contributed by atoms with van der Waals surface area (Å²) < 4.78 is 11.2. The number of ketones is 1. The molecule has 7 heteroatoms. The van der Waals surface area contributed by atoms with Gasteiger partial charge in [-0.3, -0.25) is 9.59 Å². The minimum absolute atomic E-state index is 0.0386. The van der Waals surface area contributed by atoms with Crippen molar-refractivity contribution in [3.05, 3.63) is 58.0 Å². The molecule has 1 aromatic carbocycles. The fourth-order valence-electron chi connectivity index (χ4n) is 3.34. The molecule has 1 aromatic heterocycles. The molecule has 0 aliphatic carbocycles. The lowest BCUT2D eigenvalue weighted by molar-refractivity contribution is -0.140. The fourth-order valence-corrected chi connectivity index (χ4v) is 3.54. The Labute approximate surface area is 168 Å². The van der Waals surface area contributed by atoms with Crippen molar-refractivity contribution in [2.45, 2.75) is 33.2 Å². The second-order valence-electron chi connectivity index (χ2n) is 6.52. The minimum atomic E-state index is -0.805. The molecule has 2 heterocycles. The van der Waals surface area contributed by atoms with Crippen LogP contribution in [0.25, 0.3) is 5.76 Å². The number of ether oxygens (including phenoxy) is 1. The Morgan fingerprint density at radius 2 is 2.00 bits per heavy atom. The number of aliphatic hydroxyl groups excluding tert-OH is 1. The molecule has 6 nitrogen and oxygen atoms in total. The van der Waals surface area contributed by atoms with E-state index in [9.17, 15) is 14.7 Å². The van der Waals surface area contributed by atoms with Crippen LogP contribution in [0.2, 0.25) is 5.02 Å². The van der Waals surface area contributed by atoms with Crippen molar-refractivity contribution in [2.75, 3.05) is 13.2 Å². The van der Waals surface area contributed by atoms with Gasteiger partial charge in [0.25, 0.3) is 11.7 Å². The number of hydrogen-bond donors (Lipinski definition) is 1. The van der Waals surface area contributed by atoms with Crippen molar-refractivity contribution >= 4 is 29.1 Å². The Bertz CT molecular complexity index is 946. The van der Waals surface area contributed by atoms with E-state index in [-0.39, 0.29) is 21.9 Å². The summed E-state index contributed by atoms with van der Waals surface area (Å²) in [7, 11) is 0. The number of Topliss-reactive ketones (excluding diaryl/α,β-unsaturated/α-hetero) is 1. The minimum Gasteiger partial charge on any atom is -0.507 e. The number of furan rings is 1. The molecule has 1 N–H and O–H groups in total. The van der Waals surface area contributed by atoms with Gasteiger partial charge in [-0.1, -0.05) is 18.5 Å². The first kappa shape index (κ1) is 20.0. The average Bonchev–Trinajstić information content (AvgIpc) is 3.19. The summed E-state index contributed by atoms with van der Waals surface area (Å²) in [6.07, 6.45) is 0.657. The van der Waals surface area contributed by atoms with Crippen LogP contribution in [-0.4, -0.2) is 34.8 Å². The number of amides is 1. The number of aliphatic hydroxyl groups is 1. The van der Waals surface area contributed by atoms with Gasteiger partial charge in [-0.25, -0.2) is 0 Å². The summed E-state index contributed by atoms with van der Waals surface area (Å²) in [5.74, 6) is -0.205. The van der Waals surface area contributed by atoms with Gasteiger partial charge in [0.2, 0.25) is 0 Å². The van der Waals surface area contributed by atoms with E-state index in [0.29, 0.717) is 36.8 Å². The zero-order chi connectivity index (χ0) is 20.4. The number of halogens is 1. The predicted octanol–water partition coefficient (Wildman–Crippen LogP) is 4.47. The molecule has 1 saturated heterocycles. The van der Waals surface area contributed by atoms with Crippen LogP contribution in [0.4, 0.5) is 0 Å². The molecular weight excluding hydrogens is 382 g/mol. The monoisotopic (exact) mass is 403 g/mol. The molecule has 28 heavy (non-hydrogen) atoms. The maximum Gasteiger partial charge on any atom is 0.295 e. The smallest absolute Gasteiger partial charge is 0.295 e. The van der Waals surface area contributed by atoms with E-state index in [1.54, 1.807) is 37.3 Å². The molecule has 1 atom stereocenters. The summed E-state index contributed by atoms with van der Waals surface area (Å²) >= 11 is 6.27. The van der Waals surface area contributed by atoms with Crippen molar-refractivity contribution in [3.63, 3.8) is 0 Å². The summed E-state index contributed by atoms with van der Waals surface area (Å²) in [6.45, 7) is 6.32. The number of aryl methyl sites for hydroxylation is 1. The lowest BCUT2D eigenvalue weighted by Crippen LogP contribution is -2.30. The van der Waals surface area contributed by atoms with Gasteiger partial charge >= 0.3 is 0 Å². The Morgan fingerprint density at radius 1 is 1.25 bits per heavy atom. The number of benzene rings is 1. The van der Waals surface area contributed by atoms with E-state index in [2.05, 4.69) is 0 Å². The van der Waals surface area contributed by atoms with Gasteiger partial charge in [-0.2, -0.15) is 0 Å². The summed E-state index contributed by atoms with van der Waals surface area (Å²) in [4.78, 5) is 26.8. The molecule has 2 aromatic rings. The van der Waals surface area contributed by atoms with Crippen molar-refractivity contribution in [2.24, 2.45) is 0 Å². The maximum absolute atomic E-state index is 12.8. The molecule has 1 fully saturated rings. The summed E-state index contributed by atoms with van der Waals surface area (Å²) in [6, 6.07) is 7.46. The van der Waals surface area contributed by atoms with E-state index in [1.807, 2.05) is 13.8 Å².